The van der Waals surface area contributed by atoms with Gasteiger partial charge in [-0.05, 0) is 19.1 Å². The van der Waals surface area contributed by atoms with Crippen LogP contribution in [0.15, 0.2) is 18.2 Å². The molecule has 0 spiro atoms. The number of aliphatic hydroxyl groups is 1. The van der Waals surface area contributed by atoms with Gasteiger partial charge in [-0.15, -0.1) is 0 Å². The molecule has 1 aromatic rings. The second-order valence-corrected chi connectivity index (χ2v) is 4.84. The fourth-order valence-electron chi connectivity index (χ4n) is 2.17. The van der Waals surface area contributed by atoms with Gasteiger partial charge in [0.1, 0.15) is 12.4 Å². The highest BCUT2D eigenvalue weighted by Gasteiger charge is 2.20. The van der Waals surface area contributed by atoms with E-state index in [0.717, 1.165) is 25.3 Å². The molecule has 1 aliphatic rings. The first-order valence-electron chi connectivity index (χ1n) is 6.23. The summed E-state index contributed by atoms with van der Waals surface area (Å²) in [6.07, 6.45) is 0. The first-order valence-corrected chi connectivity index (χ1v) is 6.60. The van der Waals surface area contributed by atoms with Crippen molar-refractivity contribution >= 4 is 17.3 Å². The average molecular weight is 271 g/mol. The lowest BCUT2D eigenvalue weighted by Crippen LogP contribution is -2.50. The SMILES string of the molecule is C[C@H]1CNCCN1c1ccc(OCCO)cc1Cl. The van der Waals surface area contributed by atoms with Gasteiger partial charge in [-0.1, -0.05) is 11.6 Å². The normalized spacial score (nSPS) is 19.9. The molecule has 0 unspecified atom stereocenters. The van der Waals surface area contributed by atoms with Crippen molar-refractivity contribution in [2.24, 2.45) is 0 Å². The third-order valence-electron chi connectivity index (χ3n) is 3.09. The van der Waals surface area contributed by atoms with Gasteiger partial charge in [-0.25, -0.2) is 0 Å². The van der Waals surface area contributed by atoms with E-state index in [4.69, 9.17) is 21.4 Å². The van der Waals surface area contributed by atoms with Crippen molar-refractivity contribution in [3.05, 3.63) is 23.2 Å². The average Bonchev–Trinajstić information content (AvgIpc) is 2.38. The minimum absolute atomic E-state index is 0.00813. The maximum atomic E-state index is 8.72. The Morgan fingerprint density at radius 1 is 1.56 bits per heavy atom. The standard InChI is InChI=1S/C13H19ClN2O2/c1-10-9-15-4-5-16(10)13-3-2-11(8-12(13)14)18-7-6-17/h2-3,8,10,15,17H,4-7,9H2,1H3/t10-/m0/s1. The molecule has 0 radical (unpaired) electrons. The fourth-order valence-corrected chi connectivity index (χ4v) is 2.45. The van der Waals surface area contributed by atoms with Crippen LogP contribution < -0.4 is 15.0 Å². The van der Waals surface area contributed by atoms with Crippen molar-refractivity contribution in [1.82, 2.24) is 5.32 Å². The van der Waals surface area contributed by atoms with E-state index in [9.17, 15) is 0 Å². The number of aliphatic hydroxyl groups excluding tert-OH is 1. The van der Waals surface area contributed by atoms with Crippen LogP contribution in [-0.2, 0) is 0 Å². The summed E-state index contributed by atoms with van der Waals surface area (Å²) in [5.41, 5.74) is 1.04. The number of rotatable bonds is 4. The summed E-state index contributed by atoms with van der Waals surface area (Å²) in [6, 6.07) is 6.12. The minimum Gasteiger partial charge on any atom is -0.491 e. The number of ether oxygens (including phenoxy) is 1. The summed E-state index contributed by atoms with van der Waals surface area (Å²) in [7, 11) is 0. The van der Waals surface area contributed by atoms with Gasteiger partial charge in [0.25, 0.3) is 0 Å². The summed E-state index contributed by atoms with van der Waals surface area (Å²) in [5.74, 6) is 0.695. The van der Waals surface area contributed by atoms with Crippen molar-refractivity contribution < 1.29 is 9.84 Å². The van der Waals surface area contributed by atoms with Crippen molar-refractivity contribution in [3.63, 3.8) is 0 Å². The zero-order chi connectivity index (χ0) is 13.0. The molecule has 0 amide bonds. The van der Waals surface area contributed by atoms with Crippen LogP contribution in [0, 0.1) is 0 Å². The molecule has 0 aliphatic carbocycles. The van der Waals surface area contributed by atoms with Crippen LogP contribution in [0.25, 0.3) is 0 Å². The molecular weight excluding hydrogens is 252 g/mol. The Labute approximate surface area is 113 Å². The summed E-state index contributed by atoms with van der Waals surface area (Å²) in [4.78, 5) is 2.30. The van der Waals surface area contributed by atoms with Crippen LogP contribution in [0.5, 0.6) is 5.75 Å². The lowest BCUT2D eigenvalue weighted by atomic mass is 10.1. The molecule has 100 valence electrons. The smallest absolute Gasteiger partial charge is 0.121 e. The zero-order valence-electron chi connectivity index (χ0n) is 10.5. The van der Waals surface area contributed by atoms with Crippen LogP contribution in [-0.4, -0.2) is 44.0 Å². The van der Waals surface area contributed by atoms with Gasteiger partial charge in [-0.3, -0.25) is 0 Å². The molecule has 4 nitrogen and oxygen atoms in total. The molecule has 1 aliphatic heterocycles. The van der Waals surface area contributed by atoms with E-state index in [1.807, 2.05) is 12.1 Å². The molecule has 5 heteroatoms. The van der Waals surface area contributed by atoms with Crippen LogP contribution >= 0.6 is 11.6 Å². The van der Waals surface area contributed by atoms with E-state index < -0.39 is 0 Å². The number of nitrogens with one attached hydrogen (secondary N) is 1. The Morgan fingerprint density at radius 2 is 2.39 bits per heavy atom. The van der Waals surface area contributed by atoms with E-state index in [0.29, 0.717) is 23.4 Å². The van der Waals surface area contributed by atoms with Gasteiger partial charge in [0.2, 0.25) is 0 Å². The molecule has 1 fully saturated rings. The van der Waals surface area contributed by atoms with Gasteiger partial charge < -0.3 is 20.1 Å². The lowest BCUT2D eigenvalue weighted by Gasteiger charge is -2.36. The second-order valence-electron chi connectivity index (χ2n) is 4.43. The molecule has 1 heterocycles. The van der Waals surface area contributed by atoms with Crippen molar-refractivity contribution in [2.45, 2.75) is 13.0 Å². The third-order valence-corrected chi connectivity index (χ3v) is 3.39. The lowest BCUT2D eigenvalue weighted by molar-refractivity contribution is 0.201. The molecule has 0 aromatic heterocycles. The van der Waals surface area contributed by atoms with Gasteiger partial charge >= 0.3 is 0 Å². The van der Waals surface area contributed by atoms with E-state index in [1.165, 1.54) is 0 Å². The van der Waals surface area contributed by atoms with Crippen molar-refractivity contribution in [2.75, 3.05) is 37.7 Å². The van der Waals surface area contributed by atoms with Gasteiger partial charge in [0.15, 0.2) is 0 Å². The number of piperazine rings is 1. The van der Waals surface area contributed by atoms with Gasteiger partial charge in [0, 0.05) is 31.7 Å². The third kappa shape index (κ3) is 3.07. The highest BCUT2D eigenvalue weighted by atomic mass is 35.5. The molecule has 1 saturated heterocycles. The first kappa shape index (κ1) is 13.5. The first-order chi connectivity index (χ1) is 8.72. The Hall–Kier alpha value is -0.970. The zero-order valence-corrected chi connectivity index (χ0v) is 11.3. The monoisotopic (exact) mass is 270 g/mol. The number of benzene rings is 1. The number of nitrogens with zero attached hydrogens (tertiary/aromatic N) is 1. The van der Waals surface area contributed by atoms with Gasteiger partial charge in [-0.2, -0.15) is 0 Å². The summed E-state index contributed by atoms with van der Waals surface area (Å²) in [5, 5.41) is 12.8. The predicted molar refractivity (Wildman–Crippen MR) is 73.7 cm³/mol. The van der Waals surface area contributed by atoms with E-state index in [2.05, 4.69) is 17.1 Å². The van der Waals surface area contributed by atoms with Crippen LogP contribution in [0.2, 0.25) is 5.02 Å². The summed E-state index contributed by atoms with van der Waals surface area (Å²) >= 11 is 6.30. The molecule has 1 aromatic carbocycles. The second kappa shape index (κ2) is 6.27. The van der Waals surface area contributed by atoms with Gasteiger partial charge in [0.05, 0.1) is 17.3 Å². The minimum atomic E-state index is 0.00813. The summed E-state index contributed by atoms with van der Waals surface area (Å²) < 4.78 is 5.34. The number of hydrogen-bond acceptors (Lipinski definition) is 4. The number of hydrogen-bond donors (Lipinski definition) is 2. The van der Waals surface area contributed by atoms with E-state index in [1.54, 1.807) is 6.07 Å². The molecule has 2 N–H and O–H groups in total. The van der Waals surface area contributed by atoms with E-state index in [-0.39, 0.29) is 6.61 Å². The Kier molecular flexibility index (Phi) is 4.69. The van der Waals surface area contributed by atoms with E-state index >= 15 is 0 Å². The van der Waals surface area contributed by atoms with Crippen molar-refractivity contribution in [3.8, 4) is 5.75 Å². The Balaban J connectivity index is 2.13. The maximum absolute atomic E-state index is 8.72. The van der Waals surface area contributed by atoms with Crippen molar-refractivity contribution in [1.29, 1.82) is 0 Å². The van der Waals surface area contributed by atoms with Crippen LogP contribution in [0.1, 0.15) is 6.92 Å². The predicted octanol–water partition coefficient (Wildman–Crippen LogP) is 1.51. The number of anilines is 1. The largest absolute Gasteiger partial charge is 0.491 e. The highest BCUT2D eigenvalue weighted by Crippen LogP contribution is 2.31. The number of halogens is 1. The van der Waals surface area contributed by atoms with Crippen LogP contribution in [0.4, 0.5) is 5.69 Å². The molecular formula is C13H19ClN2O2. The Morgan fingerprint density at radius 3 is 3.06 bits per heavy atom. The maximum Gasteiger partial charge on any atom is 0.121 e. The molecule has 0 bridgehead atoms. The fraction of sp³-hybridized carbons (Fsp3) is 0.538. The highest BCUT2D eigenvalue weighted by molar-refractivity contribution is 6.33. The molecule has 2 rings (SSSR count). The molecule has 18 heavy (non-hydrogen) atoms. The summed E-state index contributed by atoms with van der Waals surface area (Å²) in [6.45, 7) is 5.38. The quantitative estimate of drug-likeness (QED) is 0.871. The topological polar surface area (TPSA) is 44.7 Å². The Bertz CT molecular complexity index is 401. The molecule has 1 atom stereocenters. The molecule has 0 saturated carbocycles. The van der Waals surface area contributed by atoms with Crippen LogP contribution in [0.3, 0.4) is 0 Å².